The Labute approximate surface area is 126 Å². The number of nitrogens with zero attached hydrogens (tertiary/aromatic N) is 4. The van der Waals surface area contributed by atoms with E-state index in [1.165, 1.54) is 17.1 Å². The molecule has 22 heavy (non-hydrogen) atoms. The Morgan fingerprint density at radius 2 is 2.05 bits per heavy atom. The molecule has 7 nitrogen and oxygen atoms in total. The molecule has 1 heterocycles. The monoisotopic (exact) mass is 305 g/mol. The molecule has 2 aromatic rings. The molecule has 0 bridgehead atoms. The number of H-pyrrole nitrogens is 1. The van der Waals surface area contributed by atoms with Crippen molar-refractivity contribution >= 4 is 11.8 Å². The Kier molecular flexibility index (Phi) is 4.82. The average Bonchev–Trinajstić information content (AvgIpc) is 2.90. The number of hydrogen-bond acceptors (Lipinski definition) is 5. The predicted octanol–water partition coefficient (Wildman–Crippen LogP) is 2.95. The smallest absolute Gasteiger partial charge is 0.358 e. The first-order valence-corrected chi connectivity index (χ1v) is 6.63. The third kappa shape index (κ3) is 3.66. The number of carbonyl (C=O) groups is 1. The Balaban J connectivity index is 2.42. The second-order valence-electron chi connectivity index (χ2n) is 4.55. The average molecular weight is 305 g/mol. The molecule has 116 valence electrons. The SMILES string of the molecule is CCOC(=O)c1[nH]c(-c2ccc(F)cc2)nc1N=NN(C)C. The zero-order valence-electron chi connectivity index (χ0n) is 12.5. The van der Waals surface area contributed by atoms with Gasteiger partial charge in [-0.25, -0.2) is 14.2 Å². The summed E-state index contributed by atoms with van der Waals surface area (Å²) in [5, 5.41) is 9.21. The van der Waals surface area contributed by atoms with Crippen LogP contribution in [0.4, 0.5) is 10.2 Å². The van der Waals surface area contributed by atoms with Crippen molar-refractivity contribution in [1.29, 1.82) is 0 Å². The molecule has 0 amide bonds. The van der Waals surface area contributed by atoms with Crippen LogP contribution in [0.25, 0.3) is 11.4 Å². The van der Waals surface area contributed by atoms with Crippen molar-refractivity contribution in [2.45, 2.75) is 6.92 Å². The summed E-state index contributed by atoms with van der Waals surface area (Å²) in [6.45, 7) is 1.93. The van der Waals surface area contributed by atoms with E-state index in [1.54, 1.807) is 33.2 Å². The molecule has 0 spiro atoms. The van der Waals surface area contributed by atoms with Gasteiger partial charge in [-0.1, -0.05) is 5.22 Å². The lowest BCUT2D eigenvalue weighted by Crippen LogP contribution is -2.05. The van der Waals surface area contributed by atoms with Gasteiger partial charge in [0.15, 0.2) is 5.69 Å². The van der Waals surface area contributed by atoms with E-state index in [0.717, 1.165) is 0 Å². The number of hydrogen-bond donors (Lipinski definition) is 1. The summed E-state index contributed by atoms with van der Waals surface area (Å²) < 4.78 is 17.9. The van der Waals surface area contributed by atoms with Gasteiger partial charge in [-0.15, -0.1) is 5.11 Å². The number of aromatic nitrogens is 2. The van der Waals surface area contributed by atoms with Crippen molar-refractivity contribution in [3.63, 3.8) is 0 Å². The highest BCUT2D eigenvalue weighted by atomic mass is 19.1. The number of ether oxygens (including phenoxy) is 1. The molecule has 1 aromatic heterocycles. The number of imidazole rings is 1. The molecule has 0 saturated carbocycles. The summed E-state index contributed by atoms with van der Waals surface area (Å²) in [5.74, 6) is -0.424. The maximum absolute atomic E-state index is 13.0. The lowest BCUT2D eigenvalue weighted by molar-refractivity contribution is 0.0521. The van der Waals surface area contributed by atoms with Crippen molar-refractivity contribution in [2.75, 3.05) is 20.7 Å². The third-order valence-electron chi connectivity index (χ3n) is 2.60. The van der Waals surface area contributed by atoms with Crippen LogP contribution in [0.15, 0.2) is 34.6 Å². The molecule has 0 aliphatic heterocycles. The summed E-state index contributed by atoms with van der Waals surface area (Å²) >= 11 is 0. The molecular weight excluding hydrogens is 289 g/mol. The van der Waals surface area contributed by atoms with Crippen LogP contribution in [-0.2, 0) is 4.74 Å². The first-order chi connectivity index (χ1) is 10.5. The number of rotatable bonds is 5. The van der Waals surface area contributed by atoms with E-state index in [9.17, 15) is 9.18 Å². The van der Waals surface area contributed by atoms with Gasteiger partial charge in [-0.2, -0.15) is 0 Å². The highest BCUT2D eigenvalue weighted by Gasteiger charge is 2.19. The Hall–Kier alpha value is -2.77. The van der Waals surface area contributed by atoms with Crippen molar-refractivity contribution in [3.8, 4) is 11.4 Å². The van der Waals surface area contributed by atoms with Crippen molar-refractivity contribution in [1.82, 2.24) is 15.0 Å². The van der Waals surface area contributed by atoms with Gasteiger partial charge < -0.3 is 9.72 Å². The molecule has 0 radical (unpaired) electrons. The lowest BCUT2D eigenvalue weighted by Gasteiger charge is -2.01. The van der Waals surface area contributed by atoms with E-state index >= 15 is 0 Å². The first kappa shape index (κ1) is 15.6. The van der Waals surface area contributed by atoms with E-state index in [1.807, 2.05) is 0 Å². The Bertz CT molecular complexity index is 679. The van der Waals surface area contributed by atoms with Crippen molar-refractivity contribution in [2.24, 2.45) is 10.3 Å². The molecule has 1 N–H and O–H groups in total. The number of benzene rings is 1. The van der Waals surface area contributed by atoms with Gasteiger partial charge in [0.2, 0.25) is 5.82 Å². The minimum Gasteiger partial charge on any atom is -0.461 e. The number of aromatic amines is 1. The fourth-order valence-electron chi connectivity index (χ4n) is 1.66. The van der Waals surface area contributed by atoms with Crippen LogP contribution in [0.2, 0.25) is 0 Å². The van der Waals surface area contributed by atoms with Gasteiger partial charge in [0, 0.05) is 19.7 Å². The fourth-order valence-corrected chi connectivity index (χ4v) is 1.66. The molecule has 0 fully saturated rings. The predicted molar refractivity (Wildman–Crippen MR) is 78.1 cm³/mol. The molecule has 8 heteroatoms. The second kappa shape index (κ2) is 6.79. The summed E-state index contributed by atoms with van der Waals surface area (Å²) in [6, 6.07) is 5.72. The molecule has 0 aliphatic carbocycles. The Morgan fingerprint density at radius 1 is 1.36 bits per heavy atom. The van der Waals surface area contributed by atoms with E-state index < -0.39 is 5.97 Å². The minimum absolute atomic E-state index is 0.103. The first-order valence-electron chi connectivity index (χ1n) is 6.63. The summed E-state index contributed by atoms with van der Waals surface area (Å²) in [6.07, 6.45) is 0. The highest BCUT2D eigenvalue weighted by molar-refractivity contribution is 5.92. The van der Waals surface area contributed by atoms with Gasteiger partial charge >= 0.3 is 5.97 Å². The maximum atomic E-state index is 13.0. The Morgan fingerprint density at radius 3 is 2.64 bits per heavy atom. The fraction of sp³-hybridized carbons (Fsp3) is 0.286. The topological polar surface area (TPSA) is 82.9 Å². The van der Waals surface area contributed by atoms with Crippen LogP contribution in [0.1, 0.15) is 17.4 Å². The van der Waals surface area contributed by atoms with Crippen LogP contribution < -0.4 is 0 Å². The molecule has 0 aliphatic rings. The van der Waals surface area contributed by atoms with Crippen LogP contribution >= 0.6 is 0 Å². The van der Waals surface area contributed by atoms with E-state index in [4.69, 9.17) is 4.74 Å². The lowest BCUT2D eigenvalue weighted by atomic mass is 10.2. The standard InChI is InChI=1S/C14H16FN5O2/c1-4-22-14(21)11-13(18-19-20(2)3)17-12(16-11)9-5-7-10(15)8-6-9/h5-8H,4H2,1-3H3,(H,16,17). The van der Waals surface area contributed by atoms with Crippen molar-refractivity contribution < 1.29 is 13.9 Å². The second-order valence-corrected chi connectivity index (χ2v) is 4.55. The minimum atomic E-state index is -0.573. The molecule has 0 unspecified atom stereocenters. The number of halogens is 1. The zero-order valence-corrected chi connectivity index (χ0v) is 12.5. The quantitative estimate of drug-likeness (QED) is 0.523. The number of nitrogens with one attached hydrogen (secondary N) is 1. The maximum Gasteiger partial charge on any atom is 0.358 e. The summed E-state index contributed by atoms with van der Waals surface area (Å²) in [4.78, 5) is 19.0. The molecule has 1 aromatic carbocycles. The van der Waals surface area contributed by atoms with Crippen LogP contribution in [0, 0.1) is 5.82 Å². The van der Waals surface area contributed by atoms with E-state index in [2.05, 4.69) is 20.3 Å². The molecular formula is C14H16FN5O2. The van der Waals surface area contributed by atoms with Gasteiger partial charge in [0.1, 0.15) is 11.6 Å². The van der Waals surface area contributed by atoms with Crippen LogP contribution in [-0.4, -0.2) is 41.6 Å². The van der Waals surface area contributed by atoms with Crippen LogP contribution in [0.5, 0.6) is 0 Å². The number of carbonyl (C=O) groups excluding carboxylic acids is 1. The van der Waals surface area contributed by atoms with E-state index in [0.29, 0.717) is 11.4 Å². The van der Waals surface area contributed by atoms with E-state index in [-0.39, 0.29) is 23.9 Å². The van der Waals surface area contributed by atoms with Crippen molar-refractivity contribution in [3.05, 3.63) is 35.8 Å². The molecule has 0 saturated heterocycles. The van der Waals surface area contributed by atoms with Gasteiger partial charge in [-0.05, 0) is 31.2 Å². The number of esters is 1. The van der Waals surface area contributed by atoms with Crippen LogP contribution in [0.3, 0.4) is 0 Å². The summed E-state index contributed by atoms with van der Waals surface area (Å²) in [5.41, 5.74) is 0.727. The van der Waals surface area contributed by atoms with Gasteiger partial charge in [-0.3, -0.25) is 5.01 Å². The zero-order chi connectivity index (χ0) is 16.1. The molecule has 2 rings (SSSR count). The largest absolute Gasteiger partial charge is 0.461 e. The normalized spacial score (nSPS) is 10.9. The highest BCUT2D eigenvalue weighted by Crippen LogP contribution is 2.24. The van der Waals surface area contributed by atoms with Gasteiger partial charge in [0.25, 0.3) is 0 Å². The summed E-state index contributed by atoms with van der Waals surface area (Å²) in [7, 11) is 3.39. The molecule has 0 atom stereocenters. The van der Waals surface area contributed by atoms with Gasteiger partial charge in [0.05, 0.1) is 6.61 Å². The third-order valence-corrected chi connectivity index (χ3v) is 2.60.